The van der Waals surface area contributed by atoms with Crippen LogP contribution in [0, 0.1) is 28.8 Å². The van der Waals surface area contributed by atoms with Gasteiger partial charge in [0.25, 0.3) is 0 Å². The molecule has 0 amide bonds. The maximum atomic E-state index is 15.8. The molecule has 270 valence electrons. The first-order valence-corrected chi connectivity index (χ1v) is 19.5. The summed E-state index contributed by atoms with van der Waals surface area (Å²) in [5.74, 6) is -3.96. The normalized spacial score (nSPS) is 19.9. The van der Waals surface area contributed by atoms with Crippen LogP contribution in [0.4, 0.5) is 13.2 Å². The first kappa shape index (κ1) is 36.7. The Morgan fingerprint density at radius 2 is 1.84 bits per heavy atom. The quantitative estimate of drug-likeness (QED) is 0.191. The van der Waals surface area contributed by atoms with Crippen molar-refractivity contribution in [1.82, 2.24) is 19.7 Å². The number of nitrogens with one attached hydrogen (secondary N) is 1. The van der Waals surface area contributed by atoms with Crippen LogP contribution in [0.2, 0.25) is 0 Å². The number of fused-ring (bicyclic) bond motifs is 8. The first-order valence-electron chi connectivity index (χ1n) is 16.9. The smallest absolute Gasteiger partial charge is 0.306 e. The number of rotatable bonds is 4. The van der Waals surface area contributed by atoms with Crippen molar-refractivity contribution < 1.29 is 31.5 Å². The molecule has 5 aromatic rings. The second kappa shape index (κ2) is 13.8. The summed E-state index contributed by atoms with van der Waals surface area (Å²) in [4.78, 5) is 19.6. The number of aliphatic carboxylic acids is 1. The van der Waals surface area contributed by atoms with Crippen LogP contribution < -0.4 is 0 Å². The lowest BCUT2D eigenvalue weighted by Gasteiger charge is -2.31. The number of carbonyl (C=O) groups is 1. The molecule has 0 aliphatic carbocycles. The third-order valence-electron chi connectivity index (χ3n) is 9.94. The van der Waals surface area contributed by atoms with Gasteiger partial charge in [0.15, 0.2) is 33.1 Å². The molecule has 8 nitrogen and oxygen atoms in total. The van der Waals surface area contributed by atoms with E-state index < -0.39 is 50.0 Å². The molecule has 2 N–H and O–H groups in total. The number of nitrogens with zero attached hydrogens (tertiary/aromatic N) is 3. The maximum absolute atomic E-state index is 15.8. The Kier molecular flexibility index (Phi) is 9.92. The number of hydrogen-bond donors (Lipinski definition) is 2. The Hall–Kier alpha value is -4.10. The number of carboxylic acid groups (broad SMARTS) is 1. The largest absolute Gasteiger partial charge is 0.481 e. The Balaban J connectivity index is 1.51. The fraction of sp³-hybridized carbons (Fsp3) is 0.395. The molecule has 1 aliphatic heterocycles. The van der Waals surface area contributed by atoms with E-state index in [1.807, 2.05) is 45.0 Å². The molecule has 0 unspecified atom stereocenters. The van der Waals surface area contributed by atoms with Crippen LogP contribution in [0.15, 0.2) is 64.5 Å². The molecule has 51 heavy (non-hydrogen) atoms. The zero-order valence-electron chi connectivity index (χ0n) is 29.2. The highest BCUT2D eigenvalue weighted by molar-refractivity contribution is 7.99. The van der Waals surface area contributed by atoms with E-state index >= 15 is 13.2 Å². The van der Waals surface area contributed by atoms with E-state index in [2.05, 4.69) is 4.98 Å². The predicted molar refractivity (Wildman–Crippen MR) is 192 cm³/mol. The van der Waals surface area contributed by atoms with E-state index in [4.69, 9.17) is 10.1 Å². The van der Waals surface area contributed by atoms with E-state index in [9.17, 15) is 18.3 Å². The van der Waals surface area contributed by atoms with Gasteiger partial charge >= 0.3 is 5.97 Å². The molecular weight excluding hydrogens is 698 g/mol. The van der Waals surface area contributed by atoms with E-state index in [1.165, 1.54) is 29.1 Å². The van der Waals surface area contributed by atoms with Crippen molar-refractivity contribution in [1.29, 1.82) is 0 Å². The number of carboxylic acids is 1. The summed E-state index contributed by atoms with van der Waals surface area (Å²) in [6, 6.07) is 13.5. The summed E-state index contributed by atoms with van der Waals surface area (Å²) < 4.78 is 75.6. The van der Waals surface area contributed by atoms with Gasteiger partial charge in [-0.1, -0.05) is 63.2 Å². The summed E-state index contributed by atoms with van der Waals surface area (Å²) >= 11 is 0.904. The van der Waals surface area contributed by atoms with Crippen molar-refractivity contribution in [3.63, 3.8) is 0 Å². The highest BCUT2D eigenvalue weighted by Gasteiger charge is 2.36. The maximum Gasteiger partial charge on any atom is 0.306 e. The van der Waals surface area contributed by atoms with Gasteiger partial charge < -0.3 is 10.1 Å². The molecule has 1 aliphatic rings. The van der Waals surface area contributed by atoms with E-state index in [0.717, 1.165) is 22.9 Å². The Morgan fingerprint density at radius 3 is 2.59 bits per heavy atom. The number of H-pyrrole nitrogens is 1. The summed E-state index contributed by atoms with van der Waals surface area (Å²) in [5.41, 5.74) is 0.684. The average molecular weight is 739 g/mol. The minimum absolute atomic E-state index is 0.0388. The molecule has 0 spiro atoms. The molecule has 2 atom stereocenters. The first-order chi connectivity index (χ1) is 24.0. The number of sulfone groups is 1. The summed E-state index contributed by atoms with van der Waals surface area (Å²) in [5, 5.41) is 14.7. The minimum Gasteiger partial charge on any atom is -0.481 e. The second-order valence-corrected chi connectivity index (χ2v) is 17.9. The van der Waals surface area contributed by atoms with Gasteiger partial charge in [-0.05, 0) is 79.0 Å². The zero-order chi connectivity index (χ0) is 36.9. The van der Waals surface area contributed by atoms with Gasteiger partial charge in [0.1, 0.15) is 5.82 Å². The Bertz CT molecular complexity index is 2250. The topological polar surface area (TPSA) is 118 Å². The van der Waals surface area contributed by atoms with Crippen LogP contribution in [0.1, 0.15) is 69.5 Å². The number of benzene rings is 3. The van der Waals surface area contributed by atoms with Crippen molar-refractivity contribution in [3.05, 3.63) is 94.7 Å². The van der Waals surface area contributed by atoms with Crippen LogP contribution in [0.5, 0.6) is 0 Å². The highest BCUT2D eigenvalue weighted by Crippen LogP contribution is 2.42. The highest BCUT2D eigenvalue weighted by atomic mass is 32.2. The van der Waals surface area contributed by atoms with Crippen molar-refractivity contribution in [2.75, 3.05) is 11.5 Å². The van der Waals surface area contributed by atoms with E-state index in [0.29, 0.717) is 47.4 Å². The van der Waals surface area contributed by atoms with Gasteiger partial charge in [0.2, 0.25) is 0 Å². The third kappa shape index (κ3) is 7.46. The van der Waals surface area contributed by atoms with Crippen LogP contribution in [-0.4, -0.2) is 50.7 Å². The van der Waals surface area contributed by atoms with Crippen LogP contribution in [0.3, 0.4) is 0 Å². The fourth-order valence-electron chi connectivity index (χ4n) is 7.12. The molecular formula is C38H41F3N4O4S2. The fourth-order valence-corrected chi connectivity index (χ4v) is 10.2. The number of halogens is 3. The number of hydrogen-bond acceptors (Lipinski definition) is 6. The van der Waals surface area contributed by atoms with Crippen molar-refractivity contribution >= 4 is 38.5 Å². The van der Waals surface area contributed by atoms with Gasteiger partial charge in [0.05, 0.1) is 38.8 Å². The molecule has 2 aromatic heterocycles. The summed E-state index contributed by atoms with van der Waals surface area (Å²) in [6.07, 6.45) is 3.44. The zero-order valence-corrected chi connectivity index (χ0v) is 30.8. The molecule has 0 fully saturated rings. The number of aromatic nitrogens is 4. The Labute approximate surface area is 299 Å². The van der Waals surface area contributed by atoms with Gasteiger partial charge in [-0.3, -0.25) is 4.79 Å². The van der Waals surface area contributed by atoms with Gasteiger partial charge in [-0.15, -0.1) is 0 Å². The Morgan fingerprint density at radius 1 is 1.08 bits per heavy atom. The van der Waals surface area contributed by atoms with Gasteiger partial charge in [-0.25, -0.2) is 31.3 Å². The molecule has 0 saturated carbocycles. The minimum atomic E-state index is -3.65. The lowest BCUT2D eigenvalue weighted by Crippen LogP contribution is -2.29. The average Bonchev–Trinajstić information content (AvgIpc) is 3.70. The monoisotopic (exact) mass is 738 g/mol. The number of aryl methyl sites for hydroxylation is 2. The molecule has 6 rings (SSSR count). The standard InChI is InChI=1S/C38H41F3N4O4S2/c1-22(35(46)47)18-23-8-6-9-24(19-23)38(4)15-7-14-37(2,3)21-51(48,49)17-13-27-26-12-16-42-32(26)30(40)31(41)33(27)50-25-10-11-29(39)28(20-25)34-43-36(38)44-45(34)5/h6,8-12,16,19-20,22,42H,7,13-15,17-18,21H2,1-5H3,(H,46,47)/t22-,38+/m0/s1. The summed E-state index contributed by atoms with van der Waals surface area (Å²) in [6.45, 7) is 7.46. The number of aromatic amines is 1. The molecule has 13 heteroatoms. The molecule has 0 radical (unpaired) electrons. The molecule has 3 heterocycles. The molecule has 3 aromatic carbocycles. The van der Waals surface area contributed by atoms with Crippen LogP contribution in [-0.2, 0) is 39.9 Å². The van der Waals surface area contributed by atoms with E-state index in [1.54, 1.807) is 20.0 Å². The van der Waals surface area contributed by atoms with Crippen LogP contribution in [0.25, 0.3) is 22.3 Å². The van der Waals surface area contributed by atoms with Crippen LogP contribution >= 0.6 is 11.8 Å². The van der Waals surface area contributed by atoms with Crippen molar-refractivity contribution in [2.45, 2.75) is 75.0 Å². The van der Waals surface area contributed by atoms with Crippen molar-refractivity contribution in [2.24, 2.45) is 18.4 Å². The predicted octanol–water partition coefficient (Wildman–Crippen LogP) is 8.27. The summed E-state index contributed by atoms with van der Waals surface area (Å²) in [7, 11) is -1.99. The molecule has 4 bridgehead atoms. The second-order valence-electron chi connectivity index (χ2n) is 14.7. The molecule has 0 saturated heterocycles. The van der Waals surface area contributed by atoms with Gasteiger partial charge in [0, 0.05) is 23.5 Å². The lowest BCUT2D eigenvalue weighted by atomic mass is 9.75. The SMILES string of the molecule is C[C@@H](Cc1cccc([C@@]2(C)CCCC(C)(C)CS(=O)(=O)CCc3c(c(F)c(F)c4[nH]ccc34)Sc3ccc(F)c(c3)-c3nc2nn3C)c1)C(=O)O. The van der Waals surface area contributed by atoms with E-state index in [-0.39, 0.29) is 39.7 Å². The lowest BCUT2D eigenvalue weighted by molar-refractivity contribution is -0.141. The van der Waals surface area contributed by atoms with Gasteiger partial charge in [-0.2, -0.15) is 5.10 Å². The third-order valence-corrected chi connectivity index (χ3v) is 13.1. The van der Waals surface area contributed by atoms with Crippen molar-refractivity contribution in [3.8, 4) is 11.4 Å².